The van der Waals surface area contributed by atoms with E-state index in [-0.39, 0.29) is 11.5 Å². The maximum Gasteiger partial charge on any atom is 0.239 e. The van der Waals surface area contributed by atoms with Crippen LogP contribution in [0.5, 0.6) is 0 Å². The van der Waals surface area contributed by atoms with Crippen molar-refractivity contribution in [3.63, 3.8) is 0 Å². The molecule has 0 radical (unpaired) electrons. The van der Waals surface area contributed by atoms with E-state index in [1.165, 1.54) is 12.1 Å². The first-order chi connectivity index (χ1) is 9.13. The molecule has 96 valence electrons. The molecule has 0 fully saturated rings. The Bertz CT molecular complexity index is 649. The van der Waals surface area contributed by atoms with E-state index in [0.29, 0.717) is 17.2 Å². The number of hydrogen-bond acceptors (Lipinski definition) is 6. The van der Waals surface area contributed by atoms with Gasteiger partial charge in [0.1, 0.15) is 23.3 Å². The lowest BCUT2D eigenvalue weighted by molar-refractivity contribution is 0.624. The Morgan fingerprint density at radius 2 is 2.16 bits per heavy atom. The molecule has 2 rings (SSSR count). The van der Waals surface area contributed by atoms with Gasteiger partial charge in [0.25, 0.3) is 0 Å². The zero-order valence-electron chi connectivity index (χ0n) is 10.1. The molecule has 6 nitrogen and oxygen atoms in total. The van der Waals surface area contributed by atoms with Crippen LogP contribution in [0.3, 0.4) is 0 Å². The van der Waals surface area contributed by atoms with Gasteiger partial charge in [-0.15, -0.1) is 0 Å². The second-order valence-electron chi connectivity index (χ2n) is 3.76. The van der Waals surface area contributed by atoms with E-state index in [4.69, 9.17) is 11.1 Å². The number of nitriles is 1. The number of halogens is 1. The Balaban J connectivity index is 2.39. The monoisotopic (exact) mass is 258 g/mol. The van der Waals surface area contributed by atoms with Crippen molar-refractivity contribution in [2.45, 2.75) is 6.92 Å². The average Bonchev–Trinajstić information content (AvgIpc) is 2.38. The zero-order valence-corrected chi connectivity index (χ0v) is 10.1. The number of nitrogens with zero attached hydrogens (tertiary/aromatic N) is 3. The van der Waals surface area contributed by atoms with Crippen molar-refractivity contribution >= 4 is 17.5 Å². The Kier molecular flexibility index (Phi) is 3.54. The topological polar surface area (TPSA) is 99.7 Å². The van der Waals surface area contributed by atoms with Crippen LogP contribution in [0.1, 0.15) is 11.3 Å². The van der Waals surface area contributed by atoms with Gasteiger partial charge >= 0.3 is 0 Å². The predicted octanol–water partition coefficient (Wildman–Crippen LogP) is 1.82. The van der Waals surface area contributed by atoms with Crippen molar-refractivity contribution in [2.75, 3.05) is 10.7 Å². The molecule has 4 N–H and O–H groups in total. The number of rotatable bonds is 3. The molecule has 1 heterocycles. The molecule has 0 saturated heterocycles. The number of anilines is 3. The van der Waals surface area contributed by atoms with E-state index in [2.05, 4.69) is 20.7 Å². The van der Waals surface area contributed by atoms with Crippen molar-refractivity contribution in [1.82, 2.24) is 9.97 Å². The molecule has 7 heteroatoms. The third-order valence-electron chi connectivity index (χ3n) is 2.37. The largest absolute Gasteiger partial charge is 0.339 e. The number of nitrogen functional groups attached to an aromatic ring is 1. The molecule has 19 heavy (non-hydrogen) atoms. The van der Waals surface area contributed by atoms with Gasteiger partial charge in [0.2, 0.25) is 5.95 Å². The molecular formula is C12H11FN6. The Morgan fingerprint density at radius 3 is 2.84 bits per heavy atom. The second kappa shape index (κ2) is 5.29. The molecule has 0 aliphatic rings. The van der Waals surface area contributed by atoms with Crippen molar-refractivity contribution in [1.29, 1.82) is 5.26 Å². The molecule has 0 aliphatic heterocycles. The van der Waals surface area contributed by atoms with E-state index in [1.807, 2.05) is 0 Å². The summed E-state index contributed by atoms with van der Waals surface area (Å²) in [7, 11) is 0. The molecule has 0 bridgehead atoms. The van der Waals surface area contributed by atoms with Crippen LogP contribution in [0, 0.1) is 24.1 Å². The average molecular weight is 258 g/mol. The maximum absolute atomic E-state index is 13.5. The normalized spacial score (nSPS) is 9.79. The highest BCUT2D eigenvalue weighted by molar-refractivity contribution is 5.65. The van der Waals surface area contributed by atoms with E-state index in [1.54, 1.807) is 25.1 Å². The first-order valence-electron chi connectivity index (χ1n) is 5.42. The highest BCUT2D eigenvalue weighted by Crippen LogP contribution is 2.22. The minimum absolute atomic E-state index is 0.0685. The highest BCUT2D eigenvalue weighted by Gasteiger charge is 2.09. The summed E-state index contributed by atoms with van der Waals surface area (Å²) in [5.74, 6) is 5.31. The van der Waals surface area contributed by atoms with E-state index in [9.17, 15) is 4.39 Å². The van der Waals surface area contributed by atoms with E-state index >= 15 is 0 Å². The molecule has 0 spiro atoms. The van der Waals surface area contributed by atoms with Crippen molar-refractivity contribution < 1.29 is 4.39 Å². The van der Waals surface area contributed by atoms with Gasteiger partial charge < -0.3 is 5.32 Å². The molecule has 0 atom stereocenters. The van der Waals surface area contributed by atoms with Crippen LogP contribution in [0.2, 0.25) is 0 Å². The third-order valence-corrected chi connectivity index (χ3v) is 2.37. The Labute approximate surface area is 109 Å². The van der Waals surface area contributed by atoms with Crippen LogP contribution in [0.15, 0.2) is 24.3 Å². The molecule has 1 aromatic carbocycles. The first-order valence-corrected chi connectivity index (χ1v) is 5.42. The summed E-state index contributed by atoms with van der Waals surface area (Å²) < 4.78 is 13.5. The van der Waals surface area contributed by atoms with Crippen molar-refractivity contribution in [2.24, 2.45) is 5.84 Å². The molecule has 0 saturated carbocycles. The van der Waals surface area contributed by atoms with Crippen molar-refractivity contribution in [3.05, 3.63) is 41.3 Å². The summed E-state index contributed by atoms with van der Waals surface area (Å²) in [5, 5.41) is 11.8. The number of nitrogens with two attached hydrogens (primary N) is 1. The van der Waals surface area contributed by atoms with Crippen LogP contribution in [0.4, 0.5) is 21.8 Å². The van der Waals surface area contributed by atoms with Gasteiger partial charge in [-0.25, -0.2) is 15.2 Å². The van der Waals surface area contributed by atoms with Crippen LogP contribution < -0.4 is 16.6 Å². The highest BCUT2D eigenvalue weighted by atomic mass is 19.1. The lowest BCUT2D eigenvalue weighted by Gasteiger charge is -2.09. The number of nitrogens with one attached hydrogen (secondary N) is 2. The summed E-state index contributed by atoms with van der Waals surface area (Å²) in [6, 6.07) is 7.79. The molecule has 0 aliphatic carbocycles. The van der Waals surface area contributed by atoms with Gasteiger partial charge in [-0.3, -0.25) is 5.43 Å². The van der Waals surface area contributed by atoms with Crippen LogP contribution >= 0.6 is 0 Å². The molecule has 0 unspecified atom stereocenters. The van der Waals surface area contributed by atoms with Crippen LogP contribution in [0.25, 0.3) is 0 Å². The smallest absolute Gasteiger partial charge is 0.239 e. The number of aryl methyl sites for hydroxylation is 1. The molecule has 1 aromatic heterocycles. The number of aromatic nitrogens is 2. The molecule has 2 aromatic rings. The van der Waals surface area contributed by atoms with Gasteiger partial charge in [0.15, 0.2) is 0 Å². The van der Waals surface area contributed by atoms with Gasteiger partial charge in [-0.2, -0.15) is 10.2 Å². The number of hydrogen-bond donors (Lipinski definition) is 3. The summed E-state index contributed by atoms with van der Waals surface area (Å²) in [6.07, 6.45) is 0. The van der Waals surface area contributed by atoms with Crippen molar-refractivity contribution in [3.8, 4) is 6.07 Å². The quantitative estimate of drug-likeness (QED) is 0.573. The summed E-state index contributed by atoms with van der Waals surface area (Å²) in [5.41, 5.74) is 3.28. The first kappa shape index (κ1) is 12.7. The zero-order chi connectivity index (χ0) is 13.8. The van der Waals surface area contributed by atoms with Crippen LogP contribution in [-0.4, -0.2) is 9.97 Å². The number of hydrazine groups is 1. The molecule has 0 amide bonds. The SMILES string of the molecule is Cc1cc(Nc2cccc(F)c2C#N)nc(NN)n1. The second-order valence-corrected chi connectivity index (χ2v) is 3.76. The lowest BCUT2D eigenvalue weighted by Crippen LogP contribution is -2.12. The van der Waals surface area contributed by atoms with E-state index < -0.39 is 5.82 Å². The Hall–Kier alpha value is -2.72. The third kappa shape index (κ3) is 2.75. The van der Waals surface area contributed by atoms with Gasteiger partial charge in [0.05, 0.1) is 5.69 Å². The minimum atomic E-state index is -0.588. The van der Waals surface area contributed by atoms with Gasteiger partial charge in [-0.1, -0.05) is 6.07 Å². The lowest BCUT2D eigenvalue weighted by atomic mass is 10.2. The van der Waals surface area contributed by atoms with Gasteiger partial charge in [-0.05, 0) is 19.1 Å². The fraction of sp³-hybridized carbons (Fsp3) is 0.0833. The fourth-order valence-corrected chi connectivity index (χ4v) is 1.58. The standard InChI is InChI=1S/C12H11FN6/c1-7-5-11(18-12(16-7)19-15)17-10-4-2-3-9(13)8(10)6-14/h2-5H,15H2,1H3,(H2,16,17,18,19). The van der Waals surface area contributed by atoms with Gasteiger partial charge in [0, 0.05) is 11.8 Å². The summed E-state index contributed by atoms with van der Waals surface area (Å²) in [6.45, 7) is 1.77. The fourth-order valence-electron chi connectivity index (χ4n) is 1.58. The number of benzene rings is 1. The summed E-state index contributed by atoms with van der Waals surface area (Å²) >= 11 is 0. The predicted molar refractivity (Wildman–Crippen MR) is 69.0 cm³/mol. The maximum atomic E-state index is 13.5. The molecular weight excluding hydrogens is 247 g/mol. The Morgan fingerprint density at radius 1 is 1.37 bits per heavy atom. The minimum Gasteiger partial charge on any atom is -0.339 e. The van der Waals surface area contributed by atoms with E-state index in [0.717, 1.165) is 0 Å². The summed E-state index contributed by atoms with van der Waals surface area (Å²) in [4.78, 5) is 8.09. The van der Waals surface area contributed by atoms with Crippen LogP contribution in [-0.2, 0) is 0 Å².